The fourth-order valence-electron chi connectivity index (χ4n) is 1.44. The molecule has 0 bridgehead atoms. The van der Waals surface area contributed by atoms with E-state index >= 15 is 0 Å². The molecule has 0 fully saturated rings. The minimum absolute atomic E-state index is 0.232. The Morgan fingerprint density at radius 1 is 1.00 bits per heavy atom. The molecule has 2 rings (SSSR count). The molecule has 0 spiro atoms. The molecule has 0 saturated heterocycles. The summed E-state index contributed by atoms with van der Waals surface area (Å²) < 4.78 is 12.9. The third-order valence-electron chi connectivity index (χ3n) is 2.36. The van der Waals surface area contributed by atoms with Crippen molar-refractivity contribution in [3.63, 3.8) is 0 Å². The third-order valence-corrected chi connectivity index (χ3v) is 4.26. The molecular formula is C14H8Br3ClO3. The van der Waals surface area contributed by atoms with Gasteiger partial charge in [-0.1, -0.05) is 43.5 Å². The van der Waals surface area contributed by atoms with Crippen LogP contribution in [0.5, 0.6) is 11.5 Å². The maximum absolute atomic E-state index is 11.8. The van der Waals surface area contributed by atoms with E-state index in [2.05, 4.69) is 47.8 Å². The fourth-order valence-corrected chi connectivity index (χ4v) is 3.30. The quantitative estimate of drug-likeness (QED) is 0.405. The molecule has 0 aliphatic rings. The maximum atomic E-state index is 11.8. The van der Waals surface area contributed by atoms with Crippen molar-refractivity contribution in [1.82, 2.24) is 0 Å². The maximum Gasteiger partial charge on any atom is 0.349 e. The average molecular weight is 499 g/mol. The third kappa shape index (κ3) is 4.98. The number of rotatable bonds is 4. The second-order valence-corrected chi connectivity index (χ2v) is 7.01. The molecule has 0 amide bonds. The second kappa shape index (κ2) is 7.63. The minimum atomic E-state index is -0.517. The number of ether oxygens (including phenoxy) is 2. The number of carbonyl (C=O) groups excluding carboxylic acids is 1. The summed E-state index contributed by atoms with van der Waals surface area (Å²) in [6, 6.07) is 10.4. The molecule has 3 nitrogen and oxygen atoms in total. The van der Waals surface area contributed by atoms with Crippen molar-refractivity contribution in [2.45, 2.75) is 0 Å². The van der Waals surface area contributed by atoms with Crippen molar-refractivity contribution in [3.05, 3.63) is 54.8 Å². The van der Waals surface area contributed by atoms with Crippen LogP contribution in [0.3, 0.4) is 0 Å². The van der Waals surface area contributed by atoms with Crippen LogP contribution in [0.2, 0.25) is 5.02 Å². The van der Waals surface area contributed by atoms with Crippen molar-refractivity contribution in [3.8, 4) is 11.5 Å². The van der Waals surface area contributed by atoms with Gasteiger partial charge >= 0.3 is 5.97 Å². The number of hydrogen-bond acceptors (Lipinski definition) is 3. The lowest BCUT2D eigenvalue weighted by molar-refractivity contribution is -0.136. The lowest BCUT2D eigenvalue weighted by atomic mass is 10.3. The van der Waals surface area contributed by atoms with Gasteiger partial charge in [0, 0.05) is 8.95 Å². The van der Waals surface area contributed by atoms with Crippen molar-refractivity contribution < 1.29 is 14.3 Å². The summed E-state index contributed by atoms with van der Waals surface area (Å²) in [6.45, 7) is -0.232. The van der Waals surface area contributed by atoms with Gasteiger partial charge in [-0.15, -0.1) is 0 Å². The van der Waals surface area contributed by atoms with Gasteiger partial charge in [0.2, 0.25) is 0 Å². The van der Waals surface area contributed by atoms with Gasteiger partial charge in [-0.3, -0.25) is 0 Å². The van der Waals surface area contributed by atoms with Crippen LogP contribution in [0.15, 0.2) is 49.8 Å². The van der Waals surface area contributed by atoms with Gasteiger partial charge in [-0.05, 0) is 52.3 Å². The summed E-state index contributed by atoms with van der Waals surface area (Å²) in [4.78, 5) is 11.8. The smallest absolute Gasteiger partial charge is 0.349 e. The first-order chi connectivity index (χ1) is 9.95. The first kappa shape index (κ1) is 16.8. The Labute approximate surface area is 152 Å². The Bertz CT molecular complexity index is 677. The molecular weight excluding hydrogens is 491 g/mol. The standard InChI is InChI=1S/C14H8Br3ClO3/c15-8-1-3-12(10(17)5-8)21-14(19)7-20-13-4-2-9(16)6-11(13)18/h1-6H,7H2. The van der Waals surface area contributed by atoms with Crippen LogP contribution in [0.4, 0.5) is 0 Å². The molecule has 7 heteroatoms. The van der Waals surface area contributed by atoms with E-state index in [0.717, 1.165) is 8.95 Å². The van der Waals surface area contributed by atoms with E-state index < -0.39 is 5.97 Å². The second-order valence-electron chi connectivity index (χ2n) is 3.91. The van der Waals surface area contributed by atoms with Crippen LogP contribution in [-0.2, 0) is 4.79 Å². The number of carbonyl (C=O) groups is 1. The van der Waals surface area contributed by atoms with Crippen LogP contribution < -0.4 is 9.47 Å². The van der Waals surface area contributed by atoms with E-state index in [1.54, 1.807) is 36.4 Å². The number of hydrogen-bond donors (Lipinski definition) is 0. The van der Waals surface area contributed by atoms with Gasteiger partial charge in [0.15, 0.2) is 6.61 Å². The van der Waals surface area contributed by atoms with Gasteiger partial charge in [-0.25, -0.2) is 4.79 Å². The van der Waals surface area contributed by atoms with E-state index in [-0.39, 0.29) is 6.61 Å². The Kier molecular flexibility index (Phi) is 6.10. The van der Waals surface area contributed by atoms with Crippen molar-refractivity contribution >= 4 is 65.4 Å². The van der Waals surface area contributed by atoms with Gasteiger partial charge in [0.1, 0.15) is 11.5 Å². The van der Waals surface area contributed by atoms with Gasteiger partial charge < -0.3 is 9.47 Å². The molecule has 0 aromatic heterocycles. The molecule has 0 N–H and O–H groups in total. The van der Waals surface area contributed by atoms with Gasteiger partial charge in [0.25, 0.3) is 0 Å². The molecule has 0 heterocycles. The first-order valence-electron chi connectivity index (χ1n) is 5.69. The Morgan fingerprint density at radius 3 is 2.24 bits per heavy atom. The van der Waals surface area contributed by atoms with Crippen LogP contribution in [0, 0.1) is 0 Å². The zero-order chi connectivity index (χ0) is 15.4. The zero-order valence-electron chi connectivity index (χ0n) is 10.4. The zero-order valence-corrected chi connectivity index (χ0v) is 15.9. The molecule has 0 radical (unpaired) electrons. The molecule has 2 aromatic carbocycles. The summed E-state index contributed by atoms with van der Waals surface area (Å²) >= 11 is 15.9. The summed E-state index contributed by atoms with van der Waals surface area (Å²) in [5.74, 6) is 0.331. The molecule has 21 heavy (non-hydrogen) atoms. The monoisotopic (exact) mass is 496 g/mol. The summed E-state index contributed by atoms with van der Waals surface area (Å²) in [6.07, 6.45) is 0. The molecule has 0 atom stereocenters. The summed E-state index contributed by atoms with van der Waals surface area (Å²) in [5.41, 5.74) is 0. The highest BCUT2D eigenvalue weighted by atomic mass is 79.9. The summed E-state index contributed by atoms with van der Waals surface area (Å²) in [5, 5.41) is 0.419. The Morgan fingerprint density at radius 2 is 1.62 bits per heavy atom. The molecule has 2 aromatic rings. The fraction of sp³-hybridized carbons (Fsp3) is 0.0714. The lowest BCUT2D eigenvalue weighted by Gasteiger charge is -2.09. The van der Waals surface area contributed by atoms with E-state index in [0.29, 0.717) is 21.0 Å². The normalized spacial score (nSPS) is 10.3. The first-order valence-corrected chi connectivity index (χ1v) is 8.45. The van der Waals surface area contributed by atoms with Crippen LogP contribution in [0.25, 0.3) is 0 Å². The molecule has 0 unspecified atom stereocenters. The van der Waals surface area contributed by atoms with Crippen LogP contribution in [0.1, 0.15) is 0 Å². The van der Waals surface area contributed by atoms with E-state index in [9.17, 15) is 4.79 Å². The van der Waals surface area contributed by atoms with E-state index in [1.165, 1.54) is 0 Å². The largest absolute Gasteiger partial charge is 0.480 e. The van der Waals surface area contributed by atoms with Crippen LogP contribution >= 0.6 is 59.4 Å². The number of benzene rings is 2. The van der Waals surface area contributed by atoms with E-state index in [1.807, 2.05) is 0 Å². The summed E-state index contributed by atoms with van der Waals surface area (Å²) in [7, 11) is 0. The number of esters is 1. The Hall–Kier alpha value is -0.560. The average Bonchev–Trinajstić information content (AvgIpc) is 2.41. The highest BCUT2D eigenvalue weighted by molar-refractivity contribution is 9.11. The van der Waals surface area contributed by atoms with Crippen LogP contribution in [-0.4, -0.2) is 12.6 Å². The van der Waals surface area contributed by atoms with Crippen molar-refractivity contribution in [1.29, 1.82) is 0 Å². The molecule has 110 valence electrons. The highest BCUT2D eigenvalue weighted by Gasteiger charge is 2.11. The van der Waals surface area contributed by atoms with Gasteiger partial charge in [-0.2, -0.15) is 0 Å². The topological polar surface area (TPSA) is 35.5 Å². The predicted octanol–water partition coefficient (Wildman–Crippen LogP) is 5.61. The Balaban J connectivity index is 1.96. The lowest BCUT2D eigenvalue weighted by Crippen LogP contribution is -2.18. The molecule has 0 saturated carbocycles. The van der Waals surface area contributed by atoms with Gasteiger partial charge in [0.05, 0.1) is 9.50 Å². The van der Waals surface area contributed by atoms with Crippen molar-refractivity contribution in [2.24, 2.45) is 0 Å². The highest BCUT2D eigenvalue weighted by Crippen LogP contribution is 2.29. The molecule has 0 aliphatic carbocycles. The van der Waals surface area contributed by atoms with E-state index in [4.69, 9.17) is 21.1 Å². The predicted molar refractivity (Wildman–Crippen MR) is 92.1 cm³/mol. The SMILES string of the molecule is O=C(COc1ccc(Br)cc1Cl)Oc1ccc(Br)cc1Br. The minimum Gasteiger partial charge on any atom is -0.480 e. The molecule has 0 aliphatic heterocycles. The van der Waals surface area contributed by atoms with Crippen molar-refractivity contribution in [2.75, 3.05) is 6.61 Å². The number of halogens is 4.